The van der Waals surface area contributed by atoms with E-state index in [-0.39, 0.29) is 22.3 Å². The zero-order chi connectivity index (χ0) is 18.4. The minimum absolute atomic E-state index is 0. The van der Waals surface area contributed by atoms with E-state index in [1.165, 1.54) is 0 Å². The number of nitrogens with two attached hydrogens (primary N) is 6. The molecule has 24 heavy (non-hydrogen) atoms. The van der Waals surface area contributed by atoms with Crippen molar-refractivity contribution in [3.05, 3.63) is 0 Å². The summed E-state index contributed by atoms with van der Waals surface area (Å²) in [5, 5.41) is 7.12. The van der Waals surface area contributed by atoms with Gasteiger partial charge in [0.05, 0.1) is 0 Å². The Morgan fingerprint density at radius 1 is 0.708 bits per heavy atom. The van der Waals surface area contributed by atoms with Crippen LogP contribution in [0.1, 0.15) is 19.3 Å². The Hall–Kier alpha value is -0.514. The molecule has 0 aliphatic rings. The van der Waals surface area contributed by atoms with Crippen LogP contribution in [0, 0.1) is 0 Å². The number of halogens is 3. The second kappa shape index (κ2) is 34.0. The average Bonchev–Trinajstić information content (AvgIpc) is 2.42. The van der Waals surface area contributed by atoms with Crippen LogP contribution in [0.5, 0.6) is 0 Å². The molecular weight excluding hydrogens is 380 g/mol. The van der Waals surface area contributed by atoms with Crippen molar-refractivity contribution in [2.75, 3.05) is 39.3 Å². The molecule has 0 fully saturated rings. The first-order valence-electron chi connectivity index (χ1n) is 6.69. The molecule has 0 saturated heterocycles. The number of aliphatic carboxylic acids is 1. The molecular formula is C11H33CoF3N6O3. The molecule has 13 heteroatoms. The Morgan fingerprint density at radius 3 is 0.833 bits per heavy atom. The fourth-order valence-electron chi connectivity index (χ4n) is 0.354. The van der Waals surface area contributed by atoms with Crippen molar-refractivity contribution in [2.45, 2.75) is 25.4 Å². The topological polar surface area (TPSA) is 225 Å². The zero-order valence-electron chi connectivity index (χ0n) is 13.7. The third kappa shape index (κ3) is 68.3. The van der Waals surface area contributed by atoms with Crippen LogP contribution in [0.2, 0.25) is 0 Å². The molecule has 0 aromatic carbocycles. The minimum atomic E-state index is -5.08. The van der Waals surface area contributed by atoms with Gasteiger partial charge < -0.3 is 45.0 Å². The van der Waals surface area contributed by atoms with Gasteiger partial charge in [-0.25, -0.2) is 4.79 Å². The molecule has 0 heterocycles. The summed E-state index contributed by atoms with van der Waals surface area (Å²) >= 11 is 0. The molecule has 0 atom stereocenters. The van der Waals surface area contributed by atoms with Gasteiger partial charge in [-0.05, 0) is 58.5 Å². The van der Waals surface area contributed by atoms with Gasteiger partial charge in [0.25, 0.3) is 0 Å². The molecule has 0 aromatic heterocycles. The van der Waals surface area contributed by atoms with E-state index in [0.717, 1.165) is 58.5 Å². The minimum Gasteiger partial charge on any atom is -0.475 e. The summed E-state index contributed by atoms with van der Waals surface area (Å²) in [6.07, 6.45) is -2.25. The second-order valence-electron chi connectivity index (χ2n) is 3.60. The Kier molecular flexibility index (Phi) is 54.9. The predicted molar refractivity (Wildman–Crippen MR) is 85.5 cm³/mol. The quantitative estimate of drug-likeness (QED) is 0.250. The average molecular weight is 413 g/mol. The molecule has 0 saturated carbocycles. The van der Waals surface area contributed by atoms with Gasteiger partial charge in [0.1, 0.15) is 0 Å². The summed E-state index contributed by atoms with van der Waals surface area (Å²) in [6.45, 7) is 4.31. The van der Waals surface area contributed by atoms with Crippen LogP contribution in [0.3, 0.4) is 0 Å². The van der Waals surface area contributed by atoms with Crippen LogP contribution in [-0.4, -0.2) is 62.0 Å². The first-order valence-corrected chi connectivity index (χ1v) is 6.69. The van der Waals surface area contributed by atoms with Gasteiger partial charge in [0.15, 0.2) is 0 Å². The number of rotatable bonds is 6. The number of carboxylic acid groups (broad SMARTS) is 1. The van der Waals surface area contributed by atoms with Crippen molar-refractivity contribution in [1.82, 2.24) is 0 Å². The third-order valence-corrected chi connectivity index (χ3v) is 1.47. The molecule has 0 aliphatic carbocycles. The summed E-state index contributed by atoms with van der Waals surface area (Å²) in [4.78, 5) is 8.90. The number of alkyl halides is 3. The second-order valence-corrected chi connectivity index (χ2v) is 3.60. The summed E-state index contributed by atoms with van der Waals surface area (Å²) in [5.74, 6) is -2.76. The van der Waals surface area contributed by atoms with Crippen LogP contribution < -0.4 is 34.4 Å². The smallest absolute Gasteiger partial charge is 0.475 e. The predicted octanol–water partition coefficient (Wildman–Crippen LogP) is -2.31. The molecule has 1 radical (unpaired) electrons. The van der Waals surface area contributed by atoms with E-state index in [1.807, 2.05) is 0 Å². The summed E-state index contributed by atoms with van der Waals surface area (Å²) < 4.78 is 31.7. The number of hydrogen-bond acceptors (Lipinski definition) is 7. The van der Waals surface area contributed by atoms with E-state index in [9.17, 15) is 13.2 Å². The van der Waals surface area contributed by atoms with E-state index in [1.54, 1.807) is 0 Å². The van der Waals surface area contributed by atoms with Gasteiger partial charge in [-0.2, -0.15) is 13.2 Å². The zero-order valence-corrected chi connectivity index (χ0v) is 14.7. The maximum atomic E-state index is 10.6. The van der Waals surface area contributed by atoms with Gasteiger partial charge in [0, 0.05) is 16.8 Å². The fraction of sp³-hybridized carbons (Fsp3) is 0.909. The van der Waals surface area contributed by atoms with Gasteiger partial charge in [-0.15, -0.1) is 0 Å². The van der Waals surface area contributed by atoms with Gasteiger partial charge in [0.2, 0.25) is 0 Å². The van der Waals surface area contributed by atoms with Gasteiger partial charge in [-0.1, -0.05) is 0 Å². The monoisotopic (exact) mass is 413 g/mol. The molecule has 0 aromatic rings. The van der Waals surface area contributed by atoms with Gasteiger partial charge in [-0.3, -0.25) is 0 Å². The van der Waals surface area contributed by atoms with Crippen LogP contribution in [-0.2, 0) is 21.6 Å². The normalized spacial score (nSPS) is 8.54. The van der Waals surface area contributed by atoms with E-state index >= 15 is 0 Å². The van der Waals surface area contributed by atoms with Crippen molar-refractivity contribution in [3.63, 3.8) is 0 Å². The first kappa shape index (κ1) is 38.8. The number of hydrogen-bond donors (Lipinski definition) is 7. The molecule has 0 rings (SSSR count). The van der Waals surface area contributed by atoms with Crippen molar-refractivity contribution in [1.29, 1.82) is 0 Å². The van der Waals surface area contributed by atoms with Crippen LogP contribution in [0.4, 0.5) is 13.2 Å². The Morgan fingerprint density at radius 2 is 0.833 bits per heavy atom. The van der Waals surface area contributed by atoms with Crippen LogP contribution in [0.15, 0.2) is 0 Å². The van der Waals surface area contributed by atoms with Gasteiger partial charge >= 0.3 is 12.1 Å². The largest absolute Gasteiger partial charge is 0.490 e. The van der Waals surface area contributed by atoms with Crippen LogP contribution >= 0.6 is 0 Å². The Balaban J connectivity index is -0.0000000443. The van der Waals surface area contributed by atoms with Crippen molar-refractivity contribution in [2.24, 2.45) is 34.4 Å². The van der Waals surface area contributed by atoms with Crippen LogP contribution in [0.25, 0.3) is 0 Å². The van der Waals surface area contributed by atoms with E-state index < -0.39 is 12.1 Å². The molecule has 0 spiro atoms. The standard InChI is InChI=1S/3C3H10N2.C2HF3O2.Co.H2O/c3*4-2-1-3-5;3-2(4,5)1(6)7;;/h3*1-5H2;(H,6,7);;1H2. The molecule has 155 valence electrons. The summed E-state index contributed by atoms with van der Waals surface area (Å²) in [7, 11) is 0. The molecule has 15 N–H and O–H groups in total. The summed E-state index contributed by atoms with van der Waals surface area (Å²) in [5.41, 5.74) is 30.4. The Labute approximate surface area is 151 Å². The molecule has 9 nitrogen and oxygen atoms in total. The van der Waals surface area contributed by atoms with Crippen molar-refractivity contribution in [3.8, 4) is 0 Å². The number of carbonyl (C=O) groups is 1. The molecule has 0 bridgehead atoms. The SMILES string of the molecule is NCCCN.NCCCN.NCCCN.O.O=C(O)C(F)(F)F.[Co]. The summed E-state index contributed by atoms with van der Waals surface area (Å²) in [6, 6.07) is 0. The molecule has 0 aliphatic heterocycles. The van der Waals surface area contributed by atoms with E-state index in [2.05, 4.69) is 0 Å². The molecule has 0 amide bonds. The van der Waals surface area contributed by atoms with Crippen molar-refractivity contribution < 1.29 is 45.3 Å². The fourth-order valence-corrected chi connectivity index (χ4v) is 0.354. The van der Waals surface area contributed by atoms with Crippen molar-refractivity contribution >= 4 is 5.97 Å². The molecule has 0 unspecified atom stereocenters. The first-order chi connectivity index (χ1) is 10.2. The third-order valence-electron chi connectivity index (χ3n) is 1.47. The maximum Gasteiger partial charge on any atom is 0.490 e. The van der Waals surface area contributed by atoms with E-state index in [0.29, 0.717) is 0 Å². The maximum absolute atomic E-state index is 10.6. The van der Waals surface area contributed by atoms with E-state index in [4.69, 9.17) is 44.3 Å². The Bertz CT molecular complexity index is 198. The number of carboxylic acids is 1.